The van der Waals surface area contributed by atoms with Crippen LogP contribution in [0.1, 0.15) is 20.8 Å². The smallest absolute Gasteiger partial charge is 0.320 e. The Morgan fingerprint density at radius 2 is 2.08 bits per heavy atom. The lowest BCUT2D eigenvalue weighted by Gasteiger charge is -2.13. The Kier molecular flexibility index (Phi) is 2.65. The average Bonchev–Trinajstić information content (AvgIpc) is 2.33. The van der Waals surface area contributed by atoms with Crippen LogP contribution in [0, 0.1) is 0 Å². The zero-order valence-electron chi connectivity index (χ0n) is 7.90. The zero-order chi connectivity index (χ0) is 10.0. The SMILES string of the molecule is CCOC1=NN(C(C)C)C(=O)C1=O. The molecule has 1 heterocycles. The number of hydrazone groups is 1. The van der Waals surface area contributed by atoms with Crippen molar-refractivity contribution in [1.82, 2.24) is 5.01 Å². The molecular formula is C8H12N2O3. The minimum atomic E-state index is -0.657. The van der Waals surface area contributed by atoms with Gasteiger partial charge in [0.1, 0.15) is 0 Å². The first-order valence-corrected chi connectivity index (χ1v) is 4.17. The summed E-state index contributed by atoms with van der Waals surface area (Å²) in [6, 6.07) is -0.116. The van der Waals surface area contributed by atoms with Crippen molar-refractivity contribution in [2.24, 2.45) is 5.10 Å². The van der Waals surface area contributed by atoms with E-state index in [1.807, 2.05) is 0 Å². The molecular weight excluding hydrogens is 172 g/mol. The number of Topliss-reactive ketones (excluding diaryl/α,β-unsaturated/α-hetero) is 1. The van der Waals surface area contributed by atoms with Gasteiger partial charge in [-0.15, -0.1) is 5.10 Å². The van der Waals surface area contributed by atoms with Gasteiger partial charge >= 0.3 is 11.7 Å². The first-order chi connectivity index (χ1) is 6.07. The minimum Gasteiger partial charge on any atom is -0.474 e. The van der Waals surface area contributed by atoms with E-state index in [1.165, 1.54) is 0 Å². The number of carbonyl (C=O) groups is 2. The quantitative estimate of drug-likeness (QED) is 0.574. The predicted octanol–water partition coefficient (Wildman–Crippen LogP) is 0.156. The van der Waals surface area contributed by atoms with Crippen LogP contribution in [-0.4, -0.2) is 35.2 Å². The monoisotopic (exact) mass is 184 g/mol. The van der Waals surface area contributed by atoms with Crippen LogP contribution in [0.3, 0.4) is 0 Å². The van der Waals surface area contributed by atoms with Crippen LogP contribution in [0.4, 0.5) is 0 Å². The van der Waals surface area contributed by atoms with Crippen molar-refractivity contribution < 1.29 is 14.3 Å². The Labute approximate surface area is 76.3 Å². The molecule has 0 N–H and O–H groups in total. The fourth-order valence-electron chi connectivity index (χ4n) is 0.965. The molecule has 0 aromatic rings. The fourth-order valence-corrected chi connectivity index (χ4v) is 0.965. The Hall–Kier alpha value is -1.39. The molecule has 1 aliphatic heterocycles. The lowest BCUT2D eigenvalue weighted by atomic mass is 10.3. The van der Waals surface area contributed by atoms with Gasteiger partial charge in [0.2, 0.25) is 0 Å². The van der Waals surface area contributed by atoms with E-state index in [0.29, 0.717) is 6.61 Å². The standard InChI is InChI=1S/C8H12N2O3/c1-4-13-7-6(11)8(12)10(9-7)5(2)3/h5H,4H2,1-3H3. The number of ketones is 1. The largest absolute Gasteiger partial charge is 0.474 e. The molecule has 0 atom stereocenters. The molecule has 0 radical (unpaired) electrons. The second-order valence-corrected chi connectivity index (χ2v) is 2.91. The molecule has 1 amide bonds. The third-order valence-corrected chi connectivity index (χ3v) is 1.57. The van der Waals surface area contributed by atoms with Crippen LogP contribution >= 0.6 is 0 Å². The summed E-state index contributed by atoms with van der Waals surface area (Å²) in [7, 11) is 0. The van der Waals surface area contributed by atoms with Crippen LogP contribution in [-0.2, 0) is 14.3 Å². The molecule has 0 unspecified atom stereocenters. The highest BCUT2D eigenvalue weighted by Gasteiger charge is 2.36. The van der Waals surface area contributed by atoms with Gasteiger partial charge in [-0.1, -0.05) is 0 Å². The van der Waals surface area contributed by atoms with Crippen molar-refractivity contribution in [2.45, 2.75) is 26.8 Å². The summed E-state index contributed by atoms with van der Waals surface area (Å²) >= 11 is 0. The van der Waals surface area contributed by atoms with Gasteiger partial charge in [0.25, 0.3) is 5.90 Å². The number of rotatable bonds is 2. The normalized spacial score (nSPS) is 16.9. The molecule has 0 aromatic carbocycles. The Morgan fingerprint density at radius 3 is 2.46 bits per heavy atom. The summed E-state index contributed by atoms with van der Waals surface area (Å²) in [5.74, 6) is -1.37. The summed E-state index contributed by atoms with van der Waals surface area (Å²) in [6.45, 7) is 5.63. The van der Waals surface area contributed by atoms with Crippen molar-refractivity contribution in [3.63, 3.8) is 0 Å². The summed E-state index contributed by atoms with van der Waals surface area (Å²) < 4.78 is 4.90. The van der Waals surface area contributed by atoms with Gasteiger partial charge in [-0.05, 0) is 20.8 Å². The molecule has 0 aliphatic carbocycles. The van der Waals surface area contributed by atoms with Gasteiger partial charge in [0.15, 0.2) is 0 Å². The molecule has 0 saturated carbocycles. The second kappa shape index (κ2) is 3.55. The number of hydrogen-bond donors (Lipinski definition) is 0. The lowest BCUT2D eigenvalue weighted by Crippen LogP contribution is -2.32. The number of carbonyl (C=O) groups excluding carboxylic acids is 2. The third-order valence-electron chi connectivity index (χ3n) is 1.57. The van der Waals surface area contributed by atoms with Crippen LogP contribution < -0.4 is 0 Å². The van der Waals surface area contributed by atoms with E-state index >= 15 is 0 Å². The minimum absolute atomic E-state index is 0.0961. The zero-order valence-corrected chi connectivity index (χ0v) is 7.90. The molecule has 0 spiro atoms. The first-order valence-electron chi connectivity index (χ1n) is 4.17. The van der Waals surface area contributed by atoms with E-state index < -0.39 is 11.7 Å². The van der Waals surface area contributed by atoms with Crippen LogP contribution in [0.2, 0.25) is 0 Å². The second-order valence-electron chi connectivity index (χ2n) is 2.91. The van der Waals surface area contributed by atoms with E-state index in [-0.39, 0.29) is 11.9 Å². The van der Waals surface area contributed by atoms with Crippen LogP contribution in [0.25, 0.3) is 0 Å². The first kappa shape index (κ1) is 9.70. The Balaban J connectivity index is 2.82. The van der Waals surface area contributed by atoms with Gasteiger partial charge in [0.05, 0.1) is 12.6 Å². The Bertz CT molecular complexity index is 271. The van der Waals surface area contributed by atoms with Crippen molar-refractivity contribution >= 4 is 17.6 Å². The van der Waals surface area contributed by atoms with Gasteiger partial charge in [-0.3, -0.25) is 9.59 Å². The third kappa shape index (κ3) is 1.68. The predicted molar refractivity (Wildman–Crippen MR) is 46.1 cm³/mol. The number of nitrogens with zero attached hydrogens (tertiary/aromatic N) is 2. The van der Waals surface area contributed by atoms with E-state index in [9.17, 15) is 9.59 Å². The highest BCUT2D eigenvalue weighted by atomic mass is 16.5. The van der Waals surface area contributed by atoms with Gasteiger partial charge < -0.3 is 4.74 Å². The van der Waals surface area contributed by atoms with E-state index in [0.717, 1.165) is 5.01 Å². The van der Waals surface area contributed by atoms with Gasteiger partial charge in [-0.25, -0.2) is 5.01 Å². The highest BCUT2D eigenvalue weighted by molar-refractivity contribution is 6.64. The van der Waals surface area contributed by atoms with Crippen LogP contribution in [0.5, 0.6) is 0 Å². The van der Waals surface area contributed by atoms with Crippen LogP contribution in [0.15, 0.2) is 5.10 Å². The summed E-state index contributed by atoms with van der Waals surface area (Å²) in [4.78, 5) is 22.4. The molecule has 1 rings (SSSR count). The van der Waals surface area contributed by atoms with Crippen molar-refractivity contribution in [1.29, 1.82) is 0 Å². The molecule has 1 aliphatic rings. The van der Waals surface area contributed by atoms with Gasteiger partial charge in [0, 0.05) is 0 Å². The van der Waals surface area contributed by atoms with Crippen molar-refractivity contribution in [2.75, 3.05) is 6.61 Å². The molecule has 13 heavy (non-hydrogen) atoms. The summed E-state index contributed by atoms with van der Waals surface area (Å²) in [6.07, 6.45) is 0. The number of ether oxygens (including phenoxy) is 1. The van der Waals surface area contributed by atoms with E-state index in [4.69, 9.17) is 4.74 Å². The molecule has 5 nitrogen and oxygen atoms in total. The maximum absolute atomic E-state index is 11.2. The Morgan fingerprint density at radius 1 is 1.46 bits per heavy atom. The molecule has 5 heteroatoms. The number of amides is 1. The summed E-state index contributed by atoms with van der Waals surface area (Å²) in [5, 5.41) is 4.90. The van der Waals surface area contributed by atoms with Crippen molar-refractivity contribution in [3.05, 3.63) is 0 Å². The molecule has 0 bridgehead atoms. The maximum Gasteiger partial charge on any atom is 0.320 e. The molecule has 0 saturated heterocycles. The van der Waals surface area contributed by atoms with E-state index in [1.54, 1.807) is 20.8 Å². The molecule has 72 valence electrons. The fraction of sp³-hybridized carbons (Fsp3) is 0.625. The molecule has 0 fully saturated rings. The van der Waals surface area contributed by atoms with Crippen molar-refractivity contribution in [3.8, 4) is 0 Å². The number of hydrogen-bond acceptors (Lipinski definition) is 4. The lowest BCUT2D eigenvalue weighted by molar-refractivity contribution is -0.141. The topological polar surface area (TPSA) is 59.0 Å². The van der Waals surface area contributed by atoms with Gasteiger partial charge in [-0.2, -0.15) is 0 Å². The maximum atomic E-state index is 11.2. The highest BCUT2D eigenvalue weighted by Crippen LogP contribution is 2.09. The van der Waals surface area contributed by atoms with E-state index in [2.05, 4.69) is 5.10 Å². The average molecular weight is 184 g/mol. The summed E-state index contributed by atoms with van der Waals surface area (Å²) in [5.41, 5.74) is 0. The molecule has 0 aromatic heterocycles.